The van der Waals surface area contributed by atoms with E-state index >= 15 is 0 Å². The van der Waals surface area contributed by atoms with Crippen LogP contribution in [-0.2, 0) is 11.3 Å². The Morgan fingerprint density at radius 3 is 2.95 bits per heavy atom. The van der Waals surface area contributed by atoms with Crippen molar-refractivity contribution in [1.29, 1.82) is 0 Å². The average Bonchev–Trinajstić information content (AvgIpc) is 2.81. The highest BCUT2D eigenvalue weighted by Gasteiger charge is 2.20. The van der Waals surface area contributed by atoms with Crippen molar-refractivity contribution in [2.75, 3.05) is 13.2 Å². The van der Waals surface area contributed by atoms with Crippen LogP contribution in [0.5, 0.6) is 0 Å². The molecule has 1 amide bonds. The number of carbonyl (C=O) groups excluding carboxylic acids is 1. The number of hydrogen-bond acceptors (Lipinski definition) is 6. The average molecular weight is 272 g/mol. The van der Waals surface area contributed by atoms with Crippen molar-refractivity contribution in [2.45, 2.75) is 25.6 Å². The van der Waals surface area contributed by atoms with Crippen molar-refractivity contribution < 1.29 is 19.9 Å². The maximum absolute atomic E-state index is 11.8. The van der Waals surface area contributed by atoms with Gasteiger partial charge in [-0.2, -0.15) is 0 Å². The molecular formula is C10H16N4O5. The standard InChI is InChI=1S/C10H16N4O5/c1-7(10(17)12-4-8(16)6-15)13-3-2-11-9(13)5-14(18)19/h2-3,7-8,15-16H,4-6H2,1H3,(H,12,17). The summed E-state index contributed by atoms with van der Waals surface area (Å²) >= 11 is 0. The van der Waals surface area contributed by atoms with E-state index in [-0.39, 0.29) is 12.4 Å². The van der Waals surface area contributed by atoms with Gasteiger partial charge < -0.3 is 20.1 Å². The number of nitro groups is 1. The smallest absolute Gasteiger partial charge is 0.260 e. The molecule has 9 nitrogen and oxygen atoms in total. The molecule has 0 saturated carbocycles. The molecule has 1 rings (SSSR count). The van der Waals surface area contributed by atoms with E-state index in [1.165, 1.54) is 17.0 Å². The molecule has 0 bridgehead atoms. The Morgan fingerprint density at radius 2 is 2.37 bits per heavy atom. The maximum atomic E-state index is 11.8. The third-order valence-electron chi connectivity index (χ3n) is 2.54. The number of amides is 1. The summed E-state index contributed by atoms with van der Waals surface area (Å²) in [7, 11) is 0. The summed E-state index contributed by atoms with van der Waals surface area (Å²) in [5.41, 5.74) is 0. The van der Waals surface area contributed by atoms with Crippen molar-refractivity contribution in [3.05, 3.63) is 28.3 Å². The Labute approximate surface area is 109 Å². The van der Waals surface area contributed by atoms with Gasteiger partial charge in [-0.3, -0.25) is 14.9 Å². The van der Waals surface area contributed by atoms with Gasteiger partial charge in [-0.05, 0) is 6.92 Å². The molecule has 1 aromatic rings. The fourth-order valence-corrected chi connectivity index (χ4v) is 1.49. The zero-order chi connectivity index (χ0) is 14.4. The first kappa shape index (κ1) is 15.1. The van der Waals surface area contributed by atoms with Crippen LogP contribution in [0.2, 0.25) is 0 Å². The number of aliphatic hydroxyl groups is 2. The van der Waals surface area contributed by atoms with E-state index in [1.807, 2.05) is 0 Å². The van der Waals surface area contributed by atoms with Gasteiger partial charge in [0.05, 0.1) is 12.7 Å². The quantitative estimate of drug-likeness (QED) is 0.417. The first-order valence-electron chi connectivity index (χ1n) is 5.65. The second-order valence-corrected chi connectivity index (χ2v) is 4.00. The second kappa shape index (κ2) is 6.81. The predicted octanol–water partition coefficient (Wildman–Crippen LogP) is -1.31. The molecule has 1 aromatic heterocycles. The lowest BCUT2D eigenvalue weighted by Crippen LogP contribution is -2.38. The molecule has 2 atom stereocenters. The van der Waals surface area contributed by atoms with Crippen LogP contribution in [0, 0.1) is 10.1 Å². The third-order valence-corrected chi connectivity index (χ3v) is 2.54. The van der Waals surface area contributed by atoms with E-state index in [1.54, 1.807) is 6.92 Å². The molecular weight excluding hydrogens is 256 g/mol. The molecule has 0 aliphatic rings. The van der Waals surface area contributed by atoms with Gasteiger partial charge in [0.25, 0.3) is 6.54 Å². The van der Waals surface area contributed by atoms with Crippen molar-refractivity contribution in [3.63, 3.8) is 0 Å². The van der Waals surface area contributed by atoms with Gasteiger partial charge in [-0.25, -0.2) is 4.98 Å². The van der Waals surface area contributed by atoms with E-state index in [0.717, 1.165) is 0 Å². The molecule has 9 heteroatoms. The van der Waals surface area contributed by atoms with Crippen molar-refractivity contribution >= 4 is 5.91 Å². The number of hydrogen-bond donors (Lipinski definition) is 3. The van der Waals surface area contributed by atoms with Crippen LogP contribution in [0.3, 0.4) is 0 Å². The van der Waals surface area contributed by atoms with E-state index in [4.69, 9.17) is 10.2 Å². The molecule has 0 radical (unpaired) electrons. The molecule has 1 heterocycles. The van der Waals surface area contributed by atoms with Gasteiger partial charge in [0, 0.05) is 23.9 Å². The highest BCUT2D eigenvalue weighted by molar-refractivity contribution is 5.79. The summed E-state index contributed by atoms with van der Waals surface area (Å²) in [5, 5.41) is 30.6. The SMILES string of the molecule is CC(C(=O)NCC(O)CO)n1ccnc1C[N+](=O)[O-]. The minimum Gasteiger partial charge on any atom is -0.394 e. The highest BCUT2D eigenvalue weighted by Crippen LogP contribution is 2.10. The van der Waals surface area contributed by atoms with E-state index in [2.05, 4.69) is 10.3 Å². The Morgan fingerprint density at radius 1 is 1.68 bits per heavy atom. The third kappa shape index (κ3) is 4.30. The molecule has 0 aliphatic carbocycles. The summed E-state index contributed by atoms with van der Waals surface area (Å²) in [6.07, 6.45) is 1.83. The molecule has 2 unspecified atom stereocenters. The van der Waals surface area contributed by atoms with E-state index in [0.29, 0.717) is 0 Å². The Hall–Kier alpha value is -2.00. The predicted molar refractivity (Wildman–Crippen MR) is 63.7 cm³/mol. The van der Waals surface area contributed by atoms with Crippen LogP contribution in [0.1, 0.15) is 18.8 Å². The molecule has 106 valence electrons. The minimum atomic E-state index is -1.03. The lowest BCUT2D eigenvalue weighted by molar-refractivity contribution is -0.498. The van der Waals surface area contributed by atoms with Crippen LogP contribution in [-0.4, -0.2) is 49.9 Å². The second-order valence-electron chi connectivity index (χ2n) is 4.00. The number of aliphatic hydroxyl groups excluding tert-OH is 2. The monoisotopic (exact) mass is 272 g/mol. The van der Waals surface area contributed by atoms with Crippen LogP contribution in [0.15, 0.2) is 12.4 Å². The lowest BCUT2D eigenvalue weighted by atomic mass is 10.3. The molecule has 3 N–H and O–H groups in total. The number of nitrogens with one attached hydrogen (secondary N) is 1. The summed E-state index contributed by atoms with van der Waals surface area (Å²) in [6.45, 7) is 0.556. The molecule has 0 saturated heterocycles. The number of nitrogens with zero attached hydrogens (tertiary/aromatic N) is 3. The zero-order valence-electron chi connectivity index (χ0n) is 10.4. The molecule has 0 fully saturated rings. The van der Waals surface area contributed by atoms with Crippen LogP contribution >= 0.6 is 0 Å². The van der Waals surface area contributed by atoms with Gasteiger partial charge in [0.2, 0.25) is 5.91 Å². The molecule has 0 aromatic carbocycles. The number of imidazole rings is 1. The lowest BCUT2D eigenvalue weighted by Gasteiger charge is -2.16. The summed E-state index contributed by atoms with van der Waals surface area (Å²) in [6, 6.07) is -0.691. The molecule has 19 heavy (non-hydrogen) atoms. The van der Waals surface area contributed by atoms with Crippen molar-refractivity contribution in [3.8, 4) is 0 Å². The fraction of sp³-hybridized carbons (Fsp3) is 0.600. The van der Waals surface area contributed by atoms with E-state index in [9.17, 15) is 14.9 Å². The van der Waals surface area contributed by atoms with Gasteiger partial charge in [0.1, 0.15) is 6.04 Å². The van der Waals surface area contributed by atoms with Gasteiger partial charge in [-0.1, -0.05) is 0 Å². The topological polar surface area (TPSA) is 131 Å². The normalized spacial score (nSPS) is 13.8. The van der Waals surface area contributed by atoms with Crippen LogP contribution in [0.25, 0.3) is 0 Å². The summed E-state index contributed by atoms with van der Waals surface area (Å²) in [4.78, 5) is 25.5. The number of aromatic nitrogens is 2. The van der Waals surface area contributed by atoms with Crippen molar-refractivity contribution in [2.24, 2.45) is 0 Å². The van der Waals surface area contributed by atoms with Gasteiger partial charge in [0.15, 0.2) is 5.82 Å². The number of rotatable bonds is 7. The minimum absolute atomic E-state index is 0.0844. The maximum Gasteiger partial charge on any atom is 0.260 e. The Balaban J connectivity index is 2.66. The first-order chi connectivity index (χ1) is 8.95. The van der Waals surface area contributed by atoms with Gasteiger partial charge >= 0.3 is 0 Å². The Kier molecular flexibility index (Phi) is 5.39. The highest BCUT2D eigenvalue weighted by atomic mass is 16.6. The molecule has 0 aliphatic heterocycles. The zero-order valence-corrected chi connectivity index (χ0v) is 10.4. The fourth-order valence-electron chi connectivity index (χ4n) is 1.49. The van der Waals surface area contributed by atoms with Crippen molar-refractivity contribution in [1.82, 2.24) is 14.9 Å². The summed E-state index contributed by atoms with van der Waals surface area (Å²) < 4.78 is 1.39. The van der Waals surface area contributed by atoms with Crippen LogP contribution in [0.4, 0.5) is 0 Å². The Bertz CT molecular complexity index is 447. The van der Waals surface area contributed by atoms with Gasteiger partial charge in [-0.15, -0.1) is 0 Å². The number of carbonyl (C=O) groups is 1. The molecule has 0 spiro atoms. The van der Waals surface area contributed by atoms with E-state index < -0.39 is 36.1 Å². The first-order valence-corrected chi connectivity index (χ1v) is 5.65. The summed E-state index contributed by atoms with van der Waals surface area (Å²) in [5.74, 6) is -0.245. The largest absolute Gasteiger partial charge is 0.394 e. The van der Waals surface area contributed by atoms with Crippen LogP contribution < -0.4 is 5.32 Å².